The normalized spacial score (nSPS) is 22.9. The lowest BCUT2D eigenvalue weighted by molar-refractivity contribution is -0.120. The molecular weight excluding hydrogens is 854 g/mol. The fourth-order valence-corrected chi connectivity index (χ4v) is 10.6. The summed E-state index contributed by atoms with van der Waals surface area (Å²) in [5, 5.41) is 17.1. The van der Waals surface area contributed by atoms with Gasteiger partial charge in [-0.25, -0.2) is 22.9 Å². The van der Waals surface area contributed by atoms with E-state index < -0.39 is 45.4 Å². The molecule has 4 atom stereocenters. The number of anilines is 2. The van der Waals surface area contributed by atoms with E-state index in [4.69, 9.17) is 14.5 Å². The Morgan fingerprint density at radius 1 is 1.06 bits per heavy atom. The molecule has 20 heteroatoms. The summed E-state index contributed by atoms with van der Waals surface area (Å²) in [6.45, 7) is 3.70. The Kier molecular flexibility index (Phi) is 11.5. The van der Waals surface area contributed by atoms with Gasteiger partial charge in [0, 0.05) is 76.3 Å². The maximum atomic E-state index is 16.1. The average Bonchev–Trinajstić information content (AvgIpc) is 3.83. The van der Waals surface area contributed by atoms with Crippen LogP contribution in [-0.4, -0.2) is 107 Å². The molecule has 3 aliphatic heterocycles. The first-order chi connectivity index (χ1) is 30.7. The van der Waals surface area contributed by atoms with Gasteiger partial charge in [-0.1, -0.05) is 6.92 Å². The molecule has 5 heterocycles. The molecule has 1 saturated carbocycles. The van der Waals surface area contributed by atoms with Crippen molar-refractivity contribution < 1.29 is 40.7 Å². The highest BCUT2D eigenvalue weighted by Gasteiger charge is 2.46. The third kappa shape index (κ3) is 8.10. The lowest BCUT2D eigenvalue weighted by Gasteiger charge is -2.45. The quantitative estimate of drug-likeness (QED) is 0.155. The number of hydrogen-bond donors (Lipinski definition) is 2. The van der Waals surface area contributed by atoms with Gasteiger partial charge in [0.25, 0.3) is 0 Å². The molecule has 1 aliphatic carbocycles. The number of benzene rings is 3. The van der Waals surface area contributed by atoms with Crippen LogP contribution in [0, 0.1) is 23.0 Å². The van der Waals surface area contributed by atoms with Crippen molar-refractivity contribution in [1.82, 2.24) is 34.3 Å². The van der Waals surface area contributed by atoms with Gasteiger partial charge in [-0.3, -0.25) is 34.3 Å². The zero-order valence-corrected chi connectivity index (χ0v) is 36.3. The number of aryl methyl sites for hydroxylation is 1. The van der Waals surface area contributed by atoms with Gasteiger partial charge in [-0.15, -0.1) is 0 Å². The van der Waals surface area contributed by atoms with Gasteiger partial charge in [-0.2, -0.15) is 23.1 Å². The topological polar surface area (TPSA) is 188 Å². The molecule has 3 unspecified atom stereocenters. The van der Waals surface area contributed by atoms with E-state index in [0.29, 0.717) is 85.0 Å². The first kappa shape index (κ1) is 43.4. The van der Waals surface area contributed by atoms with Crippen molar-refractivity contribution in [2.75, 3.05) is 49.5 Å². The van der Waals surface area contributed by atoms with Crippen LogP contribution in [0.15, 0.2) is 48.7 Å². The Hall–Kier alpha value is -5.88. The third-order valence-electron chi connectivity index (χ3n) is 13.3. The number of rotatable bonds is 10. The summed E-state index contributed by atoms with van der Waals surface area (Å²) in [4.78, 5) is 37.3. The number of piperidine rings is 1. The molecule has 5 aromatic rings. The highest BCUT2D eigenvalue weighted by molar-refractivity contribution is 7.90. The number of carbonyl (C=O) groups is 2. The average molecular weight is 901 g/mol. The maximum Gasteiger partial charge on any atom is 0.329 e. The maximum absolute atomic E-state index is 16.1. The monoisotopic (exact) mass is 900 g/mol. The van der Waals surface area contributed by atoms with E-state index in [1.165, 1.54) is 24.1 Å². The molecular formula is C44H47F3N10O6S. The number of amides is 3. The van der Waals surface area contributed by atoms with Crippen LogP contribution in [0.1, 0.15) is 80.5 Å². The number of nitriles is 1. The smallest absolute Gasteiger partial charge is 0.329 e. The zero-order valence-electron chi connectivity index (χ0n) is 35.5. The number of likely N-dealkylation sites (tertiary alicyclic amines) is 1. The van der Waals surface area contributed by atoms with Crippen LogP contribution in [0.2, 0.25) is 0 Å². The van der Waals surface area contributed by atoms with E-state index in [0.717, 1.165) is 10.4 Å². The minimum absolute atomic E-state index is 0.0602. The molecule has 0 bridgehead atoms. The lowest BCUT2D eigenvalue weighted by atomic mass is 9.78. The van der Waals surface area contributed by atoms with Crippen molar-refractivity contribution in [1.29, 1.82) is 5.26 Å². The summed E-state index contributed by atoms with van der Waals surface area (Å²) < 4.78 is 89.7. The molecule has 4 aliphatic rings. The van der Waals surface area contributed by atoms with Crippen LogP contribution in [0.3, 0.4) is 0 Å². The second-order valence-electron chi connectivity index (χ2n) is 17.1. The summed E-state index contributed by atoms with van der Waals surface area (Å²) in [7, 11) is -0.919. The molecule has 9 rings (SSSR count). The van der Waals surface area contributed by atoms with E-state index in [-0.39, 0.29) is 72.5 Å². The molecule has 2 N–H and O–H groups in total. The summed E-state index contributed by atoms with van der Waals surface area (Å²) in [5.74, 6) is -2.08. The van der Waals surface area contributed by atoms with Crippen molar-refractivity contribution in [2.24, 2.45) is 7.05 Å². The van der Waals surface area contributed by atoms with Crippen molar-refractivity contribution in [3.05, 3.63) is 77.1 Å². The number of hydrogen-bond acceptors (Lipinski definition) is 11. The van der Waals surface area contributed by atoms with Gasteiger partial charge in [0.1, 0.15) is 29.4 Å². The van der Waals surface area contributed by atoms with Gasteiger partial charge >= 0.3 is 16.2 Å². The highest BCUT2D eigenvalue weighted by Crippen LogP contribution is 2.45. The third-order valence-corrected chi connectivity index (χ3v) is 14.9. The minimum atomic E-state index is -4.00. The van der Waals surface area contributed by atoms with Gasteiger partial charge < -0.3 is 9.47 Å². The van der Waals surface area contributed by atoms with E-state index in [2.05, 4.69) is 25.0 Å². The molecule has 16 nitrogen and oxygen atoms in total. The fourth-order valence-electron chi connectivity index (χ4n) is 9.62. The molecule has 2 aromatic heterocycles. The lowest BCUT2D eigenvalue weighted by Crippen LogP contribution is -2.52. The minimum Gasteiger partial charge on any atom is -0.453 e. The van der Waals surface area contributed by atoms with Crippen LogP contribution in [0.25, 0.3) is 21.9 Å². The van der Waals surface area contributed by atoms with Gasteiger partial charge in [-0.05, 0) is 86.4 Å². The molecule has 1 spiro atoms. The van der Waals surface area contributed by atoms with Crippen molar-refractivity contribution >= 4 is 55.6 Å². The number of urea groups is 1. The number of imide groups is 1. The standard InChI is InChI=1S/C44H47F3N10O6S/c1-4-54(2)64(60,61)53-34-9-7-31(45)41(30(34)22-48)63-27-6-8-35-36(18-27)50-37(23-49-35)26-21-44(62-24-26)12-15-56(16-13-44)38-10-5-25(17-33(38)47)28-20-39-29(19-32(28)46)42(52-55(39)3)57-14-11-40(58)51-43(57)59/h6-9,18-20,23,25-26,33,38,53H,4-5,10-17,21,24H2,1-3H3,(H,51,58,59)/t25?,26-,33?,38?/m1/s1. The highest BCUT2D eigenvalue weighted by atomic mass is 32.2. The number of fused-ring (bicyclic) bond motifs is 2. The summed E-state index contributed by atoms with van der Waals surface area (Å²) in [6.07, 6.45) is 4.16. The van der Waals surface area contributed by atoms with E-state index >= 15 is 13.2 Å². The Balaban J connectivity index is 0.831. The summed E-state index contributed by atoms with van der Waals surface area (Å²) in [6, 6.07) is 11.1. The molecule has 4 fully saturated rings. The molecule has 0 radical (unpaired) electrons. The van der Waals surface area contributed by atoms with E-state index in [1.54, 1.807) is 49.1 Å². The van der Waals surface area contributed by atoms with Gasteiger partial charge in [0.05, 0.1) is 40.1 Å². The first-order valence-corrected chi connectivity index (χ1v) is 22.8. The number of carbonyl (C=O) groups excluding carboxylic acids is 2. The van der Waals surface area contributed by atoms with Gasteiger partial charge in [0.15, 0.2) is 17.4 Å². The number of alkyl halides is 1. The van der Waals surface area contributed by atoms with Crippen LogP contribution < -0.4 is 19.7 Å². The molecule has 336 valence electrons. The fraction of sp³-hybridized carbons (Fsp3) is 0.455. The number of nitrogens with zero attached hydrogens (tertiary/aromatic N) is 8. The number of nitrogens with one attached hydrogen (secondary N) is 2. The number of halogens is 3. The molecule has 3 aromatic carbocycles. The second-order valence-corrected chi connectivity index (χ2v) is 18.9. The molecule has 3 amide bonds. The van der Waals surface area contributed by atoms with Crippen LogP contribution in [0.4, 0.5) is 29.5 Å². The van der Waals surface area contributed by atoms with E-state index in [9.17, 15) is 23.3 Å². The molecule has 3 saturated heterocycles. The Labute approximate surface area is 367 Å². The van der Waals surface area contributed by atoms with Crippen molar-refractivity contribution in [2.45, 2.75) is 81.5 Å². The number of ether oxygens (including phenoxy) is 2. The Bertz CT molecular complexity index is 2830. The summed E-state index contributed by atoms with van der Waals surface area (Å²) >= 11 is 0. The first-order valence-electron chi connectivity index (χ1n) is 21.4. The molecule has 64 heavy (non-hydrogen) atoms. The zero-order chi connectivity index (χ0) is 45.1. The van der Waals surface area contributed by atoms with Crippen molar-refractivity contribution in [3.8, 4) is 17.6 Å². The second kappa shape index (κ2) is 16.9. The van der Waals surface area contributed by atoms with Crippen LogP contribution in [0.5, 0.6) is 11.5 Å². The predicted octanol–water partition coefficient (Wildman–Crippen LogP) is 6.53. The Morgan fingerprint density at radius 2 is 1.86 bits per heavy atom. The predicted molar refractivity (Wildman–Crippen MR) is 230 cm³/mol. The van der Waals surface area contributed by atoms with Gasteiger partial charge in [0.2, 0.25) is 5.91 Å². The number of aromatic nitrogens is 4. The van der Waals surface area contributed by atoms with Crippen LogP contribution >= 0.6 is 0 Å². The van der Waals surface area contributed by atoms with Crippen LogP contribution in [-0.2, 0) is 26.8 Å². The Morgan fingerprint density at radius 3 is 2.59 bits per heavy atom. The SMILES string of the molecule is CCN(C)S(=O)(=O)Nc1ccc(F)c(Oc2ccc3ncc([C@H]4COC5(CCN(C6CCC(c7cc8c(cc7F)c(N7CCC(=O)NC7=O)nn8C)CC6F)CC5)C4)nc3c2)c1C#N. The van der Waals surface area contributed by atoms with Crippen molar-refractivity contribution in [3.63, 3.8) is 0 Å². The largest absolute Gasteiger partial charge is 0.453 e. The van der Waals surface area contributed by atoms with E-state index in [1.807, 2.05) is 6.07 Å². The summed E-state index contributed by atoms with van der Waals surface area (Å²) in [5.41, 5.74) is 1.96.